The molecular formula is C44H28N2O. The van der Waals surface area contributed by atoms with Crippen LogP contribution in [0.2, 0.25) is 0 Å². The molecule has 0 N–H and O–H groups in total. The molecule has 10 aromatic rings. The Morgan fingerprint density at radius 1 is 0.362 bits per heavy atom. The zero-order valence-corrected chi connectivity index (χ0v) is 25.5. The van der Waals surface area contributed by atoms with Gasteiger partial charge in [0.1, 0.15) is 11.2 Å². The average Bonchev–Trinajstić information content (AvgIpc) is 3.67. The molecule has 47 heavy (non-hydrogen) atoms. The highest BCUT2D eigenvalue weighted by Crippen LogP contribution is 2.40. The van der Waals surface area contributed by atoms with Crippen molar-refractivity contribution in [1.29, 1.82) is 0 Å². The molecule has 2 aromatic heterocycles. The van der Waals surface area contributed by atoms with Crippen molar-refractivity contribution in [1.82, 2.24) is 4.57 Å². The van der Waals surface area contributed by atoms with E-state index in [0.29, 0.717) is 0 Å². The van der Waals surface area contributed by atoms with E-state index in [1.54, 1.807) is 0 Å². The first-order chi connectivity index (χ1) is 23.3. The summed E-state index contributed by atoms with van der Waals surface area (Å²) in [5, 5.41) is 9.64. The van der Waals surface area contributed by atoms with Crippen molar-refractivity contribution in [3.8, 4) is 5.69 Å². The molecule has 0 saturated carbocycles. The van der Waals surface area contributed by atoms with Crippen LogP contribution in [-0.2, 0) is 0 Å². The fourth-order valence-corrected chi connectivity index (χ4v) is 7.38. The molecule has 0 spiro atoms. The highest BCUT2D eigenvalue weighted by Gasteiger charge is 2.17. The number of fused-ring (bicyclic) bond motifs is 9. The quantitative estimate of drug-likeness (QED) is 0.187. The smallest absolute Gasteiger partial charge is 0.136 e. The highest BCUT2D eigenvalue weighted by atomic mass is 16.3. The molecule has 0 fully saturated rings. The van der Waals surface area contributed by atoms with Gasteiger partial charge >= 0.3 is 0 Å². The van der Waals surface area contributed by atoms with Crippen LogP contribution in [0.1, 0.15) is 0 Å². The fourth-order valence-electron chi connectivity index (χ4n) is 7.38. The standard InChI is InChI=1S/C44H28N2O/c1-2-10-31(11-3-1)45(32-22-24-33(25-23-32)46-41-15-7-4-12-35(41)36-13-5-8-16-42(36)46)34-21-20-29-18-19-30-26-44-40(28-39(30)38(29)27-34)37-14-6-9-17-43(37)47-44/h1-28H. The van der Waals surface area contributed by atoms with Crippen molar-refractivity contribution < 1.29 is 4.42 Å². The van der Waals surface area contributed by atoms with Gasteiger partial charge in [-0.05, 0) is 100 Å². The molecule has 0 radical (unpaired) electrons. The number of furan rings is 1. The molecule has 0 aliphatic carbocycles. The number of para-hydroxylation sites is 4. The van der Waals surface area contributed by atoms with Gasteiger partial charge in [-0.15, -0.1) is 0 Å². The Morgan fingerprint density at radius 2 is 0.936 bits per heavy atom. The summed E-state index contributed by atoms with van der Waals surface area (Å²) in [4.78, 5) is 2.35. The maximum Gasteiger partial charge on any atom is 0.136 e. The first-order valence-electron chi connectivity index (χ1n) is 16.0. The maximum atomic E-state index is 6.22. The Labute approximate surface area is 271 Å². The third kappa shape index (κ3) is 4.00. The van der Waals surface area contributed by atoms with Crippen LogP contribution < -0.4 is 4.90 Å². The van der Waals surface area contributed by atoms with Gasteiger partial charge in [-0.3, -0.25) is 0 Å². The van der Waals surface area contributed by atoms with E-state index in [1.807, 2.05) is 12.1 Å². The van der Waals surface area contributed by atoms with E-state index in [0.717, 1.165) is 44.7 Å². The number of benzene rings is 8. The van der Waals surface area contributed by atoms with Crippen LogP contribution in [0.5, 0.6) is 0 Å². The van der Waals surface area contributed by atoms with Crippen LogP contribution in [0.3, 0.4) is 0 Å². The van der Waals surface area contributed by atoms with Gasteiger partial charge in [0.05, 0.1) is 11.0 Å². The molecule has 10 rings (SSSR count). The Hall–Kier alpha value is -6.32. The van der Waals surface area contributed by atoms with E-state index < -0.39 is 0 Å². The summed E-state index contributed by atoms with van der Waals surface area (Å²) >= 11 is 0. The van der Waals surface area contributed by atoms with Crippen LogP contribution in [0.25, 0.3) is 71.0 Å². The number of rotatable bonds is 4. The summed E-state index contributed by atoms with van der Waals surface area (Å²) in [5.74, 6) is 0. The van der Waals surface area contributed by atoms with Crippen molar-refractivity contribution in [2.75, 3.05) is 4.90 Å². The Kier molecular flexibility index (Phi) is 5.57. The highest BCUT2D eigenvalue weighted by molar-refractivity contribution is 6.17. The first kappa shape index (κ1) is 26.0. The lowest BCUT2D eigenvalue weighted by Gasteiger charge is -2.26. The van der Waals surface area contributed by atoms with Crippen molar-refractivity contribution in [2.45, 2.75) is 0 Å². The Morgan fingerprint density at radius 3 is 1.70 bits per heavy atom. The summed E-state index contributed by atoms with van der Waals surface area (Å²) in [6, 6.07) is 60.9. The van der Waals surface area contributed by atoms with Gasteiger partial charge in [-0.25, -0.2) is 0 Å². The Bertz CT molecular complexity index is 2740. The number of aromatic nitrogens is 1. The Balaban J connectivity index is 1.15. The predicted molar refractivity (Wildman–Crippen MR) is 198 cm³/mol. The predicted octanol–water partition coefficient (Wildman–Crippen LogP) is 12.5. The van der Waals surface area contributed by atoms with E-state index in [2.05, 4.69) is 167 Å². The zero-order valence-electron chi connectivity index (χ0n) is 25.5. The molecule has 0 amide bonds. The summed E-state index contributed by atoms with van der Waals surface area (Å²) in [6.07, 6.45) is 0. The maximum absolute atomic E-state index is 6.22. The molecular weight excluding hydrogens is 572 g/mol. The second-order valence-electron chi connectivity index (χ2n) is 12.2. The molecule has 2 heterocycles. The number of nitrogens with zero attached hydrogens (tertiary/aromatic N) is 2. The molecule has 0 bridgehead atoms. The van der Waals surface area contributed by atoms with Crippen LogP contribution in [0, 0.1) is 0 Å². The van der Waals surface area contributed by atoms with Gasteiger partial charge in [0, 0.05) is 44.3 Å². The van der Waals surface area contributed by atoms with Gasteiger partial charge in [0.2, 0.25) is 0 Å². The van der Waals surface area contributed by atoms with Crippen molar-refractivity contribution in [3.63, 3.8) is 0 Å². The normalized spacial score (nSPS) is 11.8. The zero-order chi connectivity index (χ0) is 30.9. The van der Waals surface area contributed by atoms with Gasteiger partial charge in [0.25, 0.3) is 0 Å². The van der Waals surface area contributed by atoms with Crippen LogP contribution in [0.15, 0.2) is 174 Å². The molecule has 3 heteroatoms. The van der Waals surface area contributed by atoms with Crippen LogP contribution >= 0.6 is 0 Å². The lowest BCUT2D eigenvalue weighted by atomic mass is 9.99. The monoisotopic (exact) mass is 600 g/mol. The third-order valence-corrected chi connectivity index (χ3v) is 9.54. The van der Waals surface area contributed by atoms with E-state index in [1.165, 1.54) is 43.4 Å². The summed E-state index contributed by atoms with van der Waals surface area (Å²) in [7, 11) is 0. The molecule has 0 aliphatic heterocycles. The second kappa shape index (κ2) is 10.1. The molecule has 0 saturated heterocycles. The number of hydrogen-bond donors (Lipinski definition) is 0. The number of anilines is 3. The van der Waals surface area contributed by atoms with E-state index in [-0.39, 0.29) is 0 Å². The van der Waals surface area contributed by atoms with Gasteiger partial charge in [-0.1, -0.05) is 91.0 Å². The minimum atomic E-state index is 0.919. The molecule has 0 unspecified atom stereocenters. The van der Waals surface area contributed by atoms with Gasteiger partial charge in [-0.2, -0.15) is 0 Å². The molecule has 8 aromatic carbocycles. The third-order valence-electron chi connectivity index (χ3n) is 9.54. The van der Waals surface area contributed by atoms with E-state index in [4.69, 9.17) is 4.42 Å². The molecule has 220 valence electrons. The molecule has 3 nitrogen and oxygen atoms in total. The van der Waals surface area contributed by atoms with E-state index in [9.17, 15) is 0 Å². The average molecular weight is 601 g/mol. The molecule has 0 atom stereocenters. The lowest BCUT2D eigenvalue weighted by Crippen LogP contribution is -2.10. The van der Waals surface area contributed by atoms with E-state index >= 15 is 0 Å². The van der Waals surface area contributed by atoms with Crippen LogP contribution in [0.4, 0.5) is 17.1 Å². The van der Waals surface area contributed by atoms with Crippen molar-refractivity contribution >= 4 is 82.4 Å². The molecule has 0 aliphatic rings. The fraction of sp³-hybridized carbons (Fsp3) is 0. The number of hydrogen-bond acceptors (Lipinski definition) is 2. The minimum Gasteiger partial charge on any atom is -0.456 e. The second-order valence-corrected chi connectivity index (χ2v) is 12.2. The summed E-state index contributed by atoms with van der Waals surface area (Å²) in [5.41, 5.74) is 8.72. The topological polar surface area (TPSA) is 21.3 Å². The van der Waals surface area contributed by atoms with Gasteiger partial charge < -0.3 is 13.9 Å². The SMILES string of the molecule is c1ccc(N(c2ccc(-n3c4ccccc4c4ccccc43)cc2)c2ccc3ccc4cc5oc6ccccc6c5cc4c3c2)cc1. The van der Waals surface area contributed by atoms with Gasteiger partial charge in [0.15, 0.2) is 0 Å². The largest absolute Gasteiger partial charge is 0.456 e. The summed E-state index contributed by atoms with van der Waals surface area (Å²) < 4.78 is 8.59. The van der Waals surface area contributed by atoms with Crippen molar-refractivity contribution in [2.24, 2.45) is 0 Å². The summed E-state index contributed by atoms with van der Waals surface area (Å²) in [6.45, 7) is 0. The van der Waals surface area contributed by atoms with Crippen molar-refractivity contribution in [3.05, 3.63) is 170 Å². The lowest BCUT2D eigenvalue weighted by molar-refractivity contribution is 0.669. The minimum absolute atomic E-state index is 0.919. The first-order valence-corrected chi connectivity index (χ1v) is 16.0. The van der Waals surface area contributed by atoms with Crippen LogP contribution in [-0.4, -0.2) is 4.57 Å².